The van der Waals surface area contributed by atoms with Gasteiger partial charge in [-0.2, -0.15) is 0 Å². The fraction of sp³-hybridized carbons (Fsp3) is 0.929. The van der Waals surface area contributed by atoms with Gasteiger partial charge in [-0.05, 0) is 40.4 Å². The van der Waals surface area contributed by atoms with Gasteiger partial charge in [-0.3, -0.25) is 9.69 Å². The van der Waals surface area contributed by atoms with Crippen LogP contribution in [0.2, 0.25) is 0 Å². The first-order chi connectivity index (χ1) is 8.32. The van der Waals surface area contributed by atoms with Crippen molar-refractivity contribution in [2.24, 2.45) is 5.41 Å². The predicted molar refractivity (Wildman–Crippen MR) is 75.9 cm³/mol. The molecule has 0 bridgehead atoms. The van der Waals surface area contributed by atoms with E-state index in [4.69, 9.17) is 0 Å². The monoisotopic (exact) mass is 258 g/mol. The Hall–Kier alpha value is -0.610. The number of hydrogen-bond donors (Lipinski definition) is 1. The van der Waals surface area contributed by atoms with Gasteiger partial charge < -0.3 is 10.0 Å². The van der Waals surface area contributed by atoms with E-state index in [1.165, 1.54) is 0 Å². The third kappa shape index (κ3) is 4.58. The molecule has 0 saturated carbocycles. The number of likely N-dealkylation sites (N-methyl/N-ethyl adjacent to an activating group) is 2. The van der Waals surface area contributed by atoms with Gasteiger partial charge in [0.15, 0.2) is 0 Å². The van der Waals surface area contributed by atoms with E-state index in [1.54, 1.807) is 0 Å². The van der Waals surface area contributed by atoms with Crippen LogP contribution in [0, 0.1) is 5.41 Å². The lowest BCUT2D eigenvalue weighted by molar-refractivity contribution is -0.151. The number of nitrogens with zero attached hydrogens (tertiary/aromatic N) is 2. The lowest BCUT2D eigenvalue weighted by atomic mass is 9.81. The van der Waals surface area contributed by atoms with E-state index in [-0.39, 0.29) is 0 Å². The number of hydrogen-bond acceptors (Lipinski definition) is 3. The average molecular weight is 258 g/mol. The van der Waals surface area contributed by atoms with Crippen LogP contribution in [-0.2, 0) is 4.79 Å². The van der Waals surface area contributed by atoms with Gasteiger partial charge in [-0.15, -0.1) is 0 Å². The number of carboxylic acids is 1. The Morgan fingerprint density at radius 2 is 1.72 bits per heavy atom. The van der Waals surface area contributed by atoms with E-state index in [2.05, 4.69) is 37.7 Å². The van der Waals surface area contributed by atoms with Crippen molar-refractivity contribution in [3.05, 3.63) is 0 Å². The smallest absolute Gasteiger partial charge is 0.310 e. The van der Waals surface area contributed by atoms with Gasteiger partial charge in [-0.1, -0.05) is 20.8 Å². The topological polar surface area (TPSA) is 43.8 Å². The van der Waals surface area contributed by atoms with Crippen molar-refractivity contribution in [1.82, 2.24) is 9.80 Å². The quantitative estimate of drug-likeness (QED) is 0.688. The molecular weight excluding hydrogens is 228 g/mol. The molecule has 18 heavy (non-hydrogen) atoms. The van der Waals surface area contributed by atoms with Gasteiger partial charge in [0.1, 0.15) is 0 Å². The molecule has 0 amide bonds. The van der Waals surface area contributed by atoms with Crippen molar-refractivity contribution in [3.8, 4) is 0 Å². The Kier molecular flexibility index (Phi) is 7.48. The van der Waals surface area contributed by atoms with Gasteiger partial charge in [-0.25, -0.2) is 0 Å². The molecule has 4 heteroatoms. The summed E-state index contributed by atoms with van der Waals surface area (Å²) in [6.45, 7) is 10.7. The molecule has 0 aliphatic rings. The second-order valence-electron chi connectivity index (χ2n) is 5.47. The lowest BCUT2D eigenvalue weighted by Gasteiger charge is -2.37. The zero-order valence-corrected chi connectivity index (χ0v) is 12.9. The van der Waals surface area contributed by atoms with E-state index >= 15 is 0 Å². The zero-order chi connectivity index (χ0) is 14.3. The first-order valence-corrected chi connectivity index (χ1v) is 6.95. The summed E-state index contributed by atoms with van der Waals surface area (Å²) in [6.07, 6.45) is 1.37. The summed E-state index contributed by atoms with van der Waals surface area (Å²) in [5.74, 6) is -0.664. The molecule has 0 rings (SSSR count). The van der Waals surface area contributed by atoms with Gasteiger partial charge >= 0.3 is 5.97 Å². The zero-order valence-electron chi connectivity index (χ0n) is 12.9. The fourth-order valence-corrected chi connectivity index (χ4v) is 2.46. The van der Waals surface area contributed by atoms with Crippen LogP contribution in [0.25, 0.3) is 0 Å². The van der Waals surface area contributed by atoms with Crippen LogP contribution in [0.15, 0.2) is 0 Å². The number of carbonyl (C=O) groups is 1. The van der Waals surface area contributed by atoms with Gasteiger partial charge in [0.2, 0.25) is 0 Å². The largest absolute Gasteiger partial charge is 0.481 e. The first-order valence-electron chi connectivity index (χ1n) is 6.95. The lowest BCUT2D eigenvalue weighted by Crippen LogP contribution is -2.48. The number of carboxylic acid groups (broad SMARTS) is 1. The molecule has 1 unspecified atom stereocenters. The number of aliphatic carboxylic acids is 1. The van der Waals surface area contributed by atoms with Crippen molar-refractivity contribution < 1.29 is 9.90 Å². The molecule has 4 nitrogen and oxygen atoms in total. The minimum Gasteiger partial charge on any atom is -0.481 e. The Morgan fingerprint density at radius 1 is 1.22 bits per heavy atom. The van der Waals surface area contributed by atoms with Crippen molar-refractivity contribution in [1.29, 1.82) is 0 Å². The predicted octanol–water partition coefficient (Wildman–Crippen LogP) is 2.15. The average Bonchev–Trinajstić information content (AvgIpc) is 2.29. The summed E-state index contributed by atoms with van der Waals surface area (Å²) in [6, 6.07) is 0.377. The molecule has 1 N–H and O–H groups in total. The molecular formula is C14H30N2O2. The van der Waals surface area contributed by atoms with Crippen molar-refractivity contribution in [2.45, 2.75) is 46.6 Å². The maximum absolute atomic E-state index is 11.5. The second-order valence-corrected chi connectivity index (χ2v) is 5.47. The van der Waals surface area contributed by atoms with Crippen LogP contribution in [0.5, 0.6) is 0 Å². The molecule has 0 heterocycles. The first kappa shape index (κ1) is 17.4. The van der Waals surface area contributed by atoms with E-state index < -0.39 is 11.4 Å². The molecule has 0 aromatic carbocycles. The SMILES string of the molecule is CCN(CC(CC)(CC)C(=O)O)C(C)CN(C)C. The van der Waals surface area contributed by atoms with E-state index in [0.29, 0.717) is 25.4 Å². The third-order valence-electron chi connectivity index (χ3n) is 3.97. The molecule has 1 atom stereocenters. The minimum absolute atomic E-state index is 0.377. The van der Waals surface area contributed by atoms with Gasteiger partial charge in [0.05, 0.1) is 5.41 Å². The Labute approximate surface area is 112 Å². The molecule has 0 saturated heterocycles. The molecule has 0 aromatic rings. The molecule has 0 aliphatic heterocycles. The summed E-state index contributed by atoms with van der Waals surface area (Å²) in [5, 5.41) is 9.49. The standard InChI is InChI=1S/C14H30N2O2/c1-7-14(8-2,13(17)18)11-16(9-3)12(4)10-15(5)6/h12H,7-11H2,1-6H3,(H,17,18). The highest BCUT2D eigenvalue weighted by Gasteiger charge is 2.37. The fourth-order valence-electron chi connectivity index (χ4n) is 2.46. The molecule has 0 aromatic heterocycles. The van der Waals surface area contributed by atoms with Crippen LogP contribution < -0.4 is 0 Å². The maximum atomic E-state index is 11.5. The van der Waals surface area contributed by atoms with Crippen LogP contribution in [0.3, 0.4) is 0 Å². The Morgan fingerprint density at radius 3 is 2.00 bits per heavy atom. The summed E-state index contributed by atoms with van der Waals surface area (Å²) < 4.78 is 0. The highest BCUT2D eigenvalue weighted by Crippen LogP contribution is 2.28. The van der Waals surface area contributed by atoms with Crippen LogP contribution in [0.1, 0.15) is 40.5 Å². The summed E-state index contributed by atoms with van der Waals surface area (Å²) in [5.41, 5.74) is -0.601. The highest BCUT2D eigenvalue weighted by atomic mass is 16.4. The molecule has 0 spiro atoms. The molecule has 108 valence electrons. The summed E-state index contributed by atoms with van der Waals surface area (Å²) >= 11 is 0. The molecule has 0 aliphatic carbocycles. The Bertz CT molecular complexity index is 250. The van der Waals surface area contributed by atoms with Crippen molar-refractivity contribution >= 4 is 5.97 Å². The Balaban J connectivity index is 4.81. The second kappa shape index (κ2) is 7.74. The summed E-state index contributed by atoms with van der Waals surface area (Å²) in [7, 11) is 4.10. The van der Waals surface area contributed by atoms with Crippen LogP contribution >= 0.6 is 0 Å². The highest BCUT2D eigenvalue weighted by molar-refractivity contribution is 5.74. The number of rotatable bonds is 9. The van der Waals surface area contributed by atoms with Crippen molar-refractivity contribution in [2.75, 3.05) is 33.7 Å². The summed E-state index contributed by atoms with van der Waals surface area (Å²) in [4.78, 5) is 16.0. The molecule has 0 fully saturated rings. The van der Waals surface area contributed by atoms with E-state index in [0.717, 1.165) is 13.1 Å². The minimum atomic E-state index is -0.664. The van der Waals surface area contributed by atoms with E-state index in [9.17, 15) is 9.90 Å². The van der Waals surface area contributed by atoms with Gasteiger partial charge in [0.25, 0.3) is 0 Å². The van der Waals surface area contributed by atoms with E-state index in [1.807, 2.05) is 13.8 Å². The van der Waals surface area contributed by atoms with Crippen molar-refractivity contribution in [3.63, 3.8) is 0 Å². The van der Waals surface area contributed by atoms with Crippen LogP contribution in [-0.4, -0.2) is 60.6 Å². The van der Waals surface area contributed by atoms with Gasteiger partial charge in [0, 0.05) is 19.1 Å². The molecule has 0 radical (unpaired) electrons. The van der Waals surface area contributed by atoms with Crippen LogP contribution in [0.4, 0.5) is 0 Å². The normalized spacial score (nSPS) is 14.2. The maximum Gasteiger partial charge on any atom is 0.310 e. The third-order valence-corrected chi connectivity index (χ3v) is 3.97.